The highest BCUT2D eigenvalue weighted by Crippen LogP contribution is 2.20. The van der Waals surface area contributed by atoms with Crippen molar-refractivity contribution in [2.75, 3.05) is 17.7 Å². The van der Waals surface area contributed by atoms with Crippen LogP contribution in [0.2, 0.25) is 0 Å². The molecule has 0 saturated carbocycles. The van der Waals surface area contributed by atoms with Gasteiger partial charge >= 0.3 is 0 Å². The van der Waals surface area contributed by atoms with Gasteiger partial charge in [0.05, 0.1) is 12.6 Å². The molecule has 19 heavy (non-hydrogen) atoms. The fourth-order valence-electron chi connectivity index (χ4n) is 1.78. The van der Waals surface area contributed by atoms with Crippen LogP contribution in [0.25, 0.3) is 0 Å². The fraction of sp³-hybridized carbons (Fsp3) is 0.286. The van der Waals surface area contributed by atoms with Gasteiger partial charge in [-0.15, -0.1) is 0 Å². The van der Waals surface area contributed by atoms with E-state index in [9.17, 15) is 0 Å². The van der Waals surface area contributed by atoms with E-state index >= 15 is 0 Å². The van der Waals surface area contributed by atoms with Crippen LogP contribution in [0.4, 0.5) is 11.5 Å². The first-order valence-corrected chi connectivity index (χ1v) is 6.26. The van der Waals surface area contributed by atoms with Crippen LogP contribution < -0.4 is 15.8 Å². The van der Waals surface area contributed by atoms with E-state index in [1.54, 1.807) is 6.07 Å². The number of rotatable bonds is 5. The number of hydrogen-bond acceptors (Lipinski definition) is 5. The molecule has 1 aromatic heterocycles. The maximum atomic E-state index is 5.78. The molecule has 1 aromatic carbocycles. The summed E-state index contributed by atoms with van der Waals surface area (Å²) in [7, 11) is 0. The van der Waals surface area contributed by atoms with Crippen LogP contribution in [-0.4, -0.2) is 16.6 Å². The van der Waals surface area contributed by atoms with Crippen LogP contribution in [0.5, 0.6) is 5.88 Å². The van der Waals surface area contributed by atoms with Crippen molar-refractivity contribution in [1.82, 2.24) is 9.97 Å². The topological polar surface area (TPSA) is 73.1 Å². The summed E-state index contributed by atoms with van der Waals surface area (Å²) in [5.41, 5.74) is 7.64. The number of benzene rings is 1. The molecular formula is C14H18N4O. The predicted octanol–water partition coefficient (Wildman–Crippen LogP) is 2.63. The molecule has 1 atom stereocenters. The van der Waals surface area contributed by atoms with E-state index < -0.39 is 0 Å². The molecule has 0 aliphatic heterocycles. The van der Waals surface area contributed by atoms with Crippen molar-refractivity contribution >= 4 is 11.5 Å². The third kappa shape index (κ3) is 3.58. The lowest BCUT2D eigenvalue weighted by Gasteiger charge is -2.15. The predicted molar refractivity (Wildman–Crippen MR) is 76.1 cm³/mol. The third-order valence-electron chi connectivity index (χ3n) is 2.71. The Morgan fingerprint density at radius 1 is 1.32 bits per heavy atom. The second-order valence-corrected chi connectivity index (χ2v) is 4.21. The van der Waals surface area contributed by atoms with Crippen LogP contribution in [0, 0.1) is 0 Å². The van der Waals surface area contributed by atoms with E-state index in [2.05, 4.69) is 22.2 Å². The van der Waals surface area contributed by atoms with Gasteiger partial charge in [0.25, 0.3) is 0 Å². The molecule has 0 amide bonds. The van der Waals surface area contributed by atoms with Crippen LogP contribution in [-0.2, 0) is 0 Å². The van der Waals surface area contributed by atoms with Crippen molar-refractivity contribution in [2.24, 2.45) is 0 Å². The summed E-state index contributed by atoms with van der Waals surface area (Å²) in [4.78, 5) is 8.21. The Balaban J connectivity index is 2.10. The zero-order valence-corrected chi connectivity index (χ0v) is 11.1. The van der Waals surface area contributed by atoms with Crippen molar-refractivity contribution in [3.05, 3.63) is 42.2 Å². The first-order chi connectivity index (χ1) is 9.19. The Labute approximate surface area is 112 Å². The molecule has 2 aromatic rings. The molecule has 0 radical (unpaired) electrons. The van der Waals surface area contributed by atoms with Gasteiger partial charge in [0.15, 0.2) is 0 Å². The van der Waals surface area contributed by atoms with E-state index in [-0.39, 0.29) is 6.04 Å². The smallest absolute Gasteiger partial charge is 0.218 e. The first-order valence-electron chi connectivity index (χ1n) is 6.26. The Kier molecular flexibility index (Phi) is 4.18. The number of nitrogens with zero attached hydrogens (tertiary/aromatic N) is 2. The molecule has 1 unspecified atom stereocenters. The van der Waals surface area contributed by atoms with Crippen LogP contribution >= 0.6 is 0 Å². The number of aromatic nitrogens is 2. The molecule has 0 spiro atoms. The molecule has 100 valence electrons. The second kappa shape index (κ2) is 6.04. The average molecular weight is 258 g/mol. The number of nitrogens with one attached hydrogen (secondary N) is 1. The van der Waals surface area contributed by atoms with Crippen molar-refractivity contribution in [2.45, 2.75) is 19.9 Å². The molecule has 0 bridgehead atoms. The SMILES string of the molecule is CCOc1cc(NC(C)c2cccc(N)c2)ncn1. The van der Waals surface area contributed by atoms with Crippen molar-refractivity contribution in [3.63, 3.8) is 0 Å². The van der Waals surface area contributed by atoms with Gasteiger partial charge in [-0.25, -0.2) is 9.97 Å². The molecule has 1 heterocycles. The number of hydrogen-bond donors (Lipinski definition) is 2. The van der Waals surface area contributed by atoms with E-state index in [4.69, 9.17) is 10.5 Å². The Bertz CT molecular complexity index is 544. The van der Waals surface area contributed by atoms with Crippen LogP contribution in [0.15, 0.2) is 36.7 Å². The summed E-state index contributed by atoms with van der Waals surface area (Å²) >= 11 is 0. The molecule has 0 fully saturated rings. The summed E-state index contributed by atoms with van der Waals surface area (Å²) in [6, 6.07) is 9.67. The van der Waals surface area contributed by atoms with E-state index in [1.807, 2.05) is 31.2 Å². The lowest BCUT2D eigenvalue weighted by atomic mass is 10.1. The number of nitrogens with two attached hydrogens (primary N) is 1. The van der Waals surface area contributed by atoms with Gasteiger partial charge in [0, 0.05) is 11.8 Å². The Hall–Kier alpha value is -2.30. The monoisotopic (exact) mass is 258 g/mol. The van der Waals surface area contributed by atoms with E-state index in [0.29, 0.717) is 12.5 Å². The normalized spacial score (nSPS) is 11.9. The zero-order chi connectivity index (χ0) is 13.7. The summed E-state index contributed by atoms with van der Waals surface area (Å²) in [5.74, 6) is 1.30. The standard InChI is InChI=1S/C14H18N4O/c1-3-19-14-8-13(16-9-17-14)18-10(2)11-5-4-6-12(15)7-11/h4-10H,3,15H2,1-2H3,(H,16,17,18). The Morgan fingerprint density at radius 3 is 2.89 bits per heavy atom. The highest BCUT2D eigenvalue weighted by molar-refractivity contribution is 5.45. The minimum atomic E-state index is 0.105. The Morgan fingerprint density at radius 2 is 2.16 bits per heavy atom. The van der Waals surface area contributed by atoms with Crippen molar-refractivity contribution in [1.29, 1.82) is 0 Å². The van der Waals surface area contributed by atoms with Crippen LogP contribution in [0.3, 0.4) is 0 Å². The highest BCUT2D eigenvalue weighted by atomic mass is 16.5. The lowest BCUT2D eigenvalue weighted by molar-refractivity contribution is 0.326. The van der Waals surface area contributed by atoms with Gasteiger partial charge in [-0.2, -0.15) is 0 Å². The molecule has 5 heteroatoms. The molecule has 0 aliphatic rings. The summed E-state index contributed by atoms with van der Waals surface area (Å²) in [6.07, 6.45) is 1.49. The maximum absolute atomic E-state index is 5.78. The molecular weight excluding hydrogens is 240 g/mol. The quantitative estimate of drug-likeness (QED) is 0.806. The van der Waals surface area contributed by atoms with E-state index in [0.717, 1.165) is 17.1 Å². The summed E-state index contributed by atoms with van der Waals surface area (Å²) in [5, 5.41) is 3.30. The zero-order valence-electron chi connectivity index (χ0n) is 11.1. The highest BCUT2D eigenvalue weighted by Gasteiger charge is 2.07. The lowest BCUT2D eigenvalue weighted by Crippen LogP contribution is -2.08. The number of ether oxygens (including phenoxy) is 1. The fourth-order valence-corrected chi connectivity index (χ4v) is 1.78. The van der Waals surface area contributed by atoms with Gasteiger partial charge in [-0.05, 0) is 31.5 Å². The van der Waals surface area contributed by atoms with Crippen molar-refractivity contribution < 1.29 is 4.74 Å². The van der Waals surface area contributed by atoms with Gasteiger partial charge < -0.3 is 15.8 Å². The summed E-state index contributed by atoms with van der Waals surface area (Å²) < 4.78 is 5.34. The number of anilines is 2. The molecule has 2 rings (SSSR count). The van der Waals surface area contributed by atoms with Gasteiger partial charge in [0.2, 0.25) is 5.88 Å². The average Bonchev–Trinajstić information content (AvgIpc) is 2.39. The molecule has 0 aliphatic carbocycles. The largest absolute Gasteiger partial charge is 0.478 e. The minimum absolute atomic E-state index is 0.105. The third-order valence-corrected chi connectivity index (χ3v) is 2.71. The van der Waals surface area contributed by atoms with Gasteiger partial charge in [-0.3, -0.25) is 0 Å². The minimum Gasteiger partial charge on any atom is -0.478 e. The van der Waals surface area contributed by atoms with E-state index in [1.165, 1.54) is 6.33 Å². The molecule has 5 nitrogen and oxygen atoms in total. The second-order valence-electron chi connectivity index (χ2n) is 4.21. The summed E-state index contributed by atoms with van der Waals surface area (Å²) in [6.45, 7) is 4.56. The van der Waals surface area contributed by atoms with Crippen LogP contribution in [0.1, 0.15) is 25.5 Å². The molecule has 0 saturated heterocycles. The maximum Gasteiger partial charge on any atom is 0.218 e. The number of nitrogen functional groups attached to an aromatic ring is 1. The van der Waals surface area contributed by atoms with Crippen molar-refractivity contribution in [3.8, 4) is 5.88 Å². The molecule has 3 N–H and O–H groups in total. The first kappa shape index (κ1) is 13.1. The van der Waals surface area contributed by atoms with Gasteiger partial charge in [0.1, 0.15) is 12.1 Å². The van der Waals surface area contributed by atoms with Gasteiger partial charge in [-0.1, -0.05) is 12.1 Å².